The van der Waals surface area contributed by atoms with Gasteiger partial charge in [0.1, 0.15) is 11.8 Å². The molecule has 0 radical (unpaired) electrons. The van der Waals surface area contributed by atoms with Gasteiger partial charge >= 0.3 is 0 Å². The second-order valence-electron chi connectivity index (χ2n) is 3.61. The van der Waals surface area contributed by atoms with Crippen LogP contribution in [0.25, 0.3) is 6.08 Å². The van der Waals surface area contributed by atoms with Gasteiger partial charge in [0.05, 0.1) is 0 Å². The lowest BCUT2D eigenvalue weighted by Crippen LogP contribution is -2.10. The fourth-order valence-electron chi connectivity index (χ4n) is 1.72. The normalized spacial score (nSPS) is 15.8. The fraction of sp³-hybridized carbons (Fsp3) is 0.333. The van der Waals surface area contributed by atoms with Gasteiger partial charge in [-0.15, -0.1) is 0 Å². The Hall–Kier alpha value is -1.82. The van der Waals surface area contributed by atoms with E-state index in [1.54, 1.807) is 6.20 Å². The molecule has 0 bridgehead atoms. The minimum absolute atomic E-state index is 0.493. The molecule has 0 amide bonds. The average Bonchev–Trinajstić information content (AvgIpc) is 2.79. The van der Waals surface area contributed by atoms with Crippen LogP contribution in [0.4, 0.5) is 0 Å². The molecule has 0 spiro atoms. The summed E-state index contributed by atoms with van der Waals surface area (Å²) in [6, 6.07) is 5.86. The topological polar surface area (TPSA) is 39.9 Å². The van der Waals surface area contributed by atoms with E-state index in [4.69, 9.17) is 5.26 Å². The van der Waals surface area contributed by atoms with Crippen molar-refractivity contribution in [3.63, 3.8) is 0 Å². The van der Waals surface area contributed by atoms with Crippen LogP contribution in [0.15, 0.2) is 24.5 Å². The first-order chi connectivity index (χ1) is 7.40. The summed E-state index contributed by atoms with van der Waals surface area (Å²) in [7, 11) is 0. The molecule has 3 nitrogen and oxygen atoms in total. The van der Waals surface area contributed by atoms with Crippen molar-refractivity contribution in [1.82, 2.24) is 9.88 Å². The molecule has 15 heavy (non-hydrogen) atoms. The molecule has 0 N–H and O–H groups in total. The maximum atomic E-state index is 8.85. The molecular weight excluding hydrogens is 186 g/mol. The highest BCUT2D eigenvalue weighted by Gasteiger charge is 2.06. The highest BCUT2D eigenvalue weighted by atomic mass is 15.1. The molecule has 1 aliphatic rings. The zero-order chi connectivity index (χ0) is 10.5. The van der Waals surface area contributed by atoms with Gasteiger partial charge in [-0.3, -0.25) is 0 Å². The molecule has 0 aliphatic carbocycles. The van der Waals surface area contributed by atoms with Gasteiger partial charge in [0, 0.05) is 24.8 Å². The zero-order valence-corrected chi connectivity index (χ0v) is 8.56. The molecule has 76 valence electrons. The lowest BCUT2D eigenvalue weighted by molar-refractivity contribution is 0.471. The summed E-state index contributed by atoms with van der Waals surface area (Å²) >= 11 is 0. The highest BCUT2D eigenvalue weighted by Crippen LogP contribution is 2.11. The van der Waals surface area contributed by atoms with E-state index in [0.717, 1.165) is 18.7 Å². The summed E-state index contributed by atoms with van der Waals surface area (Å²) in [5.74, 6) is 0. The second-order valence-corrected chi connectivity index (χ2v) is 3.61. The smallest absolute Gasteiger partial charge is 0.147 e. The van der Waals surface area contributed by atoms with Crippen LogP contribution in [0.1, 0.15) is 24.1 Å². The van der Waals surface area contributed by atoms with Crippen LogP contribution in [0.3, 0.4) is 0 Å². The summed E-state index contributed by atoms with van der Waals surface area (Å²) < 4.78 is 0. The standard InChI is InChI=1S/C12H13N3/c13-10-12-11(4-3-6-14-12)5-9-15-7-1-2-8-15/h3-6,9H,1-2,7-8H2. The van der Waals surface area contributed by atoms with Gasteiger partial charge in [0.15, 0.2) is 0 Å². The molecule has 0 atom stereocenters. The van der Waals surface area contributed by atoms with Crippen molar-refractivity contribution in [2.45, 2.75) is 12.8 Å². The predicted molar refractivity (Wildman–Crippen MR) is 58.8 cm³/mol. The molecule has 2 heterocycles. The van der Waals surface area contributed by atoms with E-state index in [-0.39, 0.29) is 0 Å². The Balaban J connectivity index is 2.13. The first kappa shape index (κ1) is 9.72. The van der Waals surface area contributed by atoms with E-state index in [1.807, 2.05) is 18.2 Å². The lowest BCUT2D eigenvalue weighted by Gasteiger charge is -2.09. The Morgan fingerprint density at radius 3 is 2.93 bits per heavy atom. The molecule has 1 aliphatic heterocycles. The average molecular weight is 199 g/mol. The van der Waals surface area contributed by atoms with E-state index in [9.17, 15) is 0 Å². The molecule has 1 fully saturated rings. The first-order valence-corrected chi connectivity index (χ1v) is 5.17. The predicted octanol–water partition coefficient (Wildman–Crippen LogP) is 2.02. The molecule has 0 aromatic carbocycles. The molecule has 3 heteroatoms. The van der Waals surface area contributed by atoms with E-state index in [0.29, 0.717) is 5.69 Å². The molecule has 1 aromatic rings. The summed E-state index contributed by atoms with van der Waals surface area (Å²) in [4.78, 5) is 6.28. The summed E-state index contributed by atoms with van der Waals surface area (Å²) in [5.41, 5.74) is 1.39. The number of pyridine rings is 1. The fourth-order valence-corrected chi connectivity index (χ4v) is 1.72. The monoisotopic (exact) mass is 199 g/mol. The SMILES string of the molecule is N#Cc1ncccc1C=CN1CCCC1. The van der Waals surface area contributed by atoms with Crippen LogP contribution in [-0.2, 0) is 0 Å². The second kappa shape index (κ2) is 4.61. The van der Waals surface area contributed by atoms with Gasteiger partial charge in [-0.1, -0.05) is 6.07 Å². The molecule has 0 unspecified atom stereocenters. The van der Waals surface area contributed by atoms with Gasteiger partial charge in [-0.2, -0.15) is 5.26 Å². The van der Waals surface area contributed by atoms with Crippen molar-refractivity contribution in [2.75, 3.05) is 13.1 Å². The number of nitrogens with zero attached hydrogens (tertiary/aromatic N) is 3. The van der Waals surface area contributed by atoms with Crippen molar-refractivity contribution in [3.05, 3.63) is 35.8 Å². The van der Waals surface area contributed by atoms with Crippen molar-refractivity contribution < 1.29 is 0 Å². The summed E-state index contributed by atoms with van der Waals surface area (Å²) in [6.45, 7) is 2.25. The van der Waals surface area contributed by atoms with E-state index in [2.05, 4.69) is 22.2 Å². The number of likely N-dealkylation sites (tertiary alicyclic amines) is 1. The molecular formula is C12H13N3. The Morgan fingerprint density at radius 2 is 2.20 bits per heavy atom. The van der Waals surface area contributed by atoms with E-state index >= 15 is 0 Å². The molecule has 0 saturated carbocycles. The van der Waals surface area contributed by atoms with Crippen LogP contribution in [-0.4, -0.2) is 23.0 Å². The van der Waals surface area contributed by atoms with Crippen LogP contribution in [0.2, 0.25) is 0 Å². The lowest BCUT2D eigenvalue weighted by atomic mass is 10.2. The van der Waals surface area contributed by atoms with Crippen molar-refractivity contribution in [2.24, 2.45) is 0 Å². The number of hydrogen-bond donors (Lipinski definition) is 0. The zero-order valence-electron chi connectivity index (χ0n) is 8.56. The minimum Gasteiger partial charge on any atom is -0.377 e. The van der Waals surface area contributed by atoms with E-state index < -0.39 is 0 Å². The Labute approximate surface area is 89.7 Å². The van der Waals surface area contributed by atoms with E-state index in [1.165, 1.54) is 12.8 Å². The minimum atomic E-state index is 0.493. The number of aromatic nitrogens is 1. The molecule has 2 rings (SSSR count). The van der Waals surface area contributed by atoms with Crippen molar-refractivity contribution in [3.8, 4) is 6.07 Å². The van der Waals surface area contributed by atoms with Crippen LogP contribution in [0.5, 0.6) is 0 Å². The first-order valence-electron chi connectivity index (χ1n) is 5.17. The van der Waals surface area contributed by atoms with Crippen molar-refractivity contribution >= 4 is 6.08 Å². The van der Waals surface area contributed by atoms with Crippen molar-refractivity contribution in [1.29, 1.82) is 5.26 Å². The highest BCUT2D eigenvalue weighted by molar-refractivity contribution is 5.54. The van der Waals surface area contributed by atoms with Gasteiger partial charge in [0.25, 0.3) is 0 Å². The maximum Gasteiger partial charge on any atom is 0.147 e. The number of nitriles is 1. The maximum absolute atomic E-state index is 8.85. The van der Waals surface area contributed by atoms with Crippen LogP contribution >= 0.6 is 0 Å². The van der Waals surface area contributed by atoms with Crippen LogP contribution in [0, 0.1) is 11.3 Å². The number of hydrogen-bond acceptors (Lipinski definition) is 3. The third-order valence-corrected chi connectivity index (χ3v) is 2.55. The summed E-state index contributed by atoms with van der Waals surface area (Å²) in [6.07, 6.45) is 8.21. The van der Waals surface area contributed by atoms with Gasteiger partial charge in [0.2, 0.25) is 0 Å². The Morgan fingerprint density at radius 1 is 1.40 bits per heavy atom. The third-order valence-electron chi connectivity index (χ3n) is 2.55. The van der Waals surface area contributed by atoms with Crippen LogP contribution < -0.4 is 0 Å². The Kier molecular flexibility index (Phi) is 2.99. The molecule has 1 saturated heterocycles. The number of rotatable bonds is 2. The summed E-state index contributed by atoms with van der Waals surface area (Å²) in [5, 5.41) is 8.85. The quantitative estimate of drug-likeness (QED) is 0.731. The van der Waals surface area contributed by atoms with Gasteiger partial charge in [-0.05, 0) is 31.2 Å². The molecule has 1 aromatic heterocycles. The van der Waals surface area contributed by atoms with Gasteiger partial charge < -0.3 is 4.90 Å². The Bertz CT molecular complexity index is 398. The third kappa shape index (κ3) is 2.35. The van der Waals surface area contributed by atoms with Gasteiger partial charge in [-0.25, -0.2) is 4.98 Å². The largest absolute Gasteiger partial charge is 0.377 e.